The number of amides is 1. The highest BCUT2D eigenvalue weighted by molar-refractivity contribution is 7.90. The molecule has 1 saturated heterocycles. The second kappa shape index (κ2) is 7.45. The third-order valence-electron chi connectivity index (χ3n) is 5.23. The Morgan fingerprint density at radius 1 is 1.07 bits per heavy atom. The van der Waals surface area contributed by atoms with Crippen LogP contribution in [0.25, 0.3) is 10.9 Å². The first kappa shape index (κ1) is 19.9. The van der Waals surface area contributed by atoms with E-state index in [9.17, 15) is 23.3 Å². The van der Waals surface area contributed by atoms with Gasteiger partial charge in [-0.1, -0.05) is 18.2 Å². The van der Waals surface area contributed by atoms with Gasteiger partial charge in [-0.25, -0.2) is 8.42 Å². The Labute approximate surface area is 173 Å². The topological polar surface area (TPSA) is 117 Å². The predicted octanol–water partition coefficient (Wildman–Crippen LogP) is 2.44. The van der Waals surface area contributed by atoms with Crippen molar-refractivity contribution in [3.63, 3.8) is 0 Å². The van der Waals surface area contributed by atoms with Crippen molar-refractivity contribution in [2.24, 2.45) is 0 Å². The van der Waals surface area contributed by atoms with Gasteiger partial charge in [0.1, 0.15) is 10.6 Å². The van der Waals surface area contributed by atoms with Crippen LogP contribution in [0.15, 0.2) is 53.4 Å². The molecular formula is C20H20N4O5S. The van der Waals surface area contributed by atoms with Crippen molar-refractivity contribution in [3.05, 3.63) is 64.3 Å². The molecule has 9 nitrogen and oxygen atoms in total. The molecule has 2 aromatic carbocycles. The first-order valence-corrected chi connectivity index (χ1v) is 11.2. The maximum atomic E-state index is 12.8. The summed E-state index contributed by atoms with van der Waals surface area (Å²) in [5, 5.41) is 12.1. The maximum Gasteiger partial charge on any atom is 0.288 e. The summed E-state index contributed by atoms with van der Waals surface area (Å²) in [6, 6.07) is 13.6. The minimum atomic E-state index is -3.75. The number of carbonyl (C=O) groups excluding carboxylic acids is 1. The molecule has 4 rings (SSSR count). The van der Waals surface area contributed by atoms with Gasteiger partial charge in [-0.3, -0.25) is 14.9 Å². The van der Waals surface area contributed by atoms with E-state index in [1.807, 2.05) is 35.2 Å². The Hall–Kier alpha value is -3.40. The van der Waals surface area contributed by atoms with Gasteiger partial charge in [0.05, 0.1) is 4.92 Å². The molecule has 0 atom stereocenters. The number of anilines is 1. The van der Waals surface area contributed by atoms with Gasteiger partial charge in [0.25, 0.3) is 11.6 Å². The molecular weight excluding hydrogens is 408 g/mol. The largest absolute Gasteiger partial charge is 0.368 e. The number of carbonyl (C=O) groups is 1. The molecule has 0 saturated carbocycles. The third kappa shape index (κ3) is 3.73. The number of nitro benzene ring substituents is 1. The van der Waals surface area contributed by atoms with E-state index < -0.39 is 20.4 Å². The lowest BCUT2D eigenvalue weighted by molar-refractivity contribution is -0.387. The highest BCUT2D eigenvalue weighted by atomic mass is 32.2. The third-order valence-corrected chi connectivity index (χ3v) is 6.36. The highest BCUT2D eigenvalue weighted by Crippen LogP contribution is 2.29. The Balaban J connectivity index is 1.50. The van der Waals surface area contributed by atoms with Crippen molar-refractivity contribution < 1.29 is 18.1 Å². The maximum absolute atomic E-state index is 12.8. The normalized spacial score (nSPS) is 14.8. The number of piperazine rings is 1. The highest BCUT2D eigenvalue weighted by Gasteiger charge is 2.27. The van der Waals surface area contributed by atoms with Gasteiger partial charge in [-0.05, 0) is 24.3 Å². The van der Waals surface area contributed by atoms with E-state index in [1.165, 1.54) is 12.1 Å². The average molecular weight is 428 g/mol. The molecule has 1 aliphatic heterocycles. The van der Waals surface area contributed by atoms with Crippen molar-refractivity contribution in [3.8, 4) is 0 Å². The summed E-state index contributed by atoms with van der Waals surface area (Å²) in [7, 11) is -3.75. The zero-order chi connectivity index (χ0) is 21.5. The molecule has 1 fully saturated rings. The van der Waals surface area contributed by atoms with Crippen LogP contribution in [0.4, 0.5) is 11.4 Å². The number of nitro groups is 1. The van der Waals surface area contributed by atoms with Crippen LogP contribution in [0.5, 0.6) is 0 Å². The van der Waals surface area contributed by atoms with Crippen molar-refractivity contribution in [1.82, 2.24) is 9.88 Å². The molecule has 30 heavy (non-hydrogen) atoms. The first-order chi connectivity index (χ1) is 14.2. The van der Waals surface area contributed by atoms with Gasteiger partial charge < -0.3 is 14.8 Å². The van der Waals surface area contributed by atoms with E-state index in [0.29, 0.717) is 37.6 Å². The molecule has 2 heterocycles. The number of hydrogen-bond donors (Lipinski definition) is 1. The monoisotopic (exact) mass is 428 g/mol. The number of fused-ring (bicyclic) bond motifs is 1. The van der Waals surface area contributed by atoms with Crippen LogP contribution in [-0.2, 0) is 9.84 Å². The molecule has 1 aromatic heterocycles. The van der Waals surface area contributed by atoms with Crippen LogP contribution in [0, 0.1) is 10.1 Å². The predicted molar refractivity (Wildman–Crippen MR) is 113 cm³/mol. The van der Waals surface area contributed by atoms with Crippen molar-refractivity contribution in [2.45, 2.75) is 4.90 Å². The zero-order valence-corrected chi connectivity index (χ0v) is 17.1. The summed E-state index contributed by atoms with van der Waals surface area (Å²) in [5.74, 6) is -0.0913. The molecule has 0 radical (unpaired) electrons. The lowest BCUT2D eigenvalue weighted by Crippen LogP contribution is -2.48. The van der Waals surface area contributed by atoms with Crippen LogP contribution in [0.3, 0.4) is 0 Å². The number of rotatable bonds is 4. The van der Waals surface area contributed by atoms with Crippen LogP contribution in [-0.4, -0.2) is 61.6 Å². The quantitative estimate of drug-likeness (QED) is 0.504. The Bertz CT molecular complexity index is 1210. The minimum absolute atomic E-state index is 0.0913. The molecule has 1 amide bonds. The summed E-state index contributed by atoms with van der Waals surface area (Å²) in [5.41, 5.74) is 1.57. The number of sulfone groups is 1. The second-order valence-corrected chi connectivity index (χ2v) is 9.21. The lowest BCUT2D eigenvalue weighted by atomic mass is 10.2. The fraction of sp³-hybridized carbons (Fsp3) is 0.250. The summed E-state index contributed by atoms with van der Waals surface area (Å²) in [6.45, 7) is 1.90. The molecule has 156 valence electrons. The molecule has 1 N–H and O–H groups in total. The van der Waals surface area contributed by atoms with Crippen molar-refractivity contribution in [1.29, 1.82) is 0 Å². The van der Waals surface area contributed by atoms with Gasteiger partial charge in [0.2, 0.25) is 0 Å². The number of H-pyrrole nitrogens is 1. The first-order valence-electron chi connectivity index (χ1n) is 9.34. The second-order valence-electron chi connectivity index (χ2n) is 7.23. The SMILES string of the molecule is CS(=O)(=O)c1cc(N2CCN(C(=O)c3cc4ccccc4[nH]3)CC2)ccc1[N+](=O)[O-]. The molecule has 0 unspecified atom stereocenters. The van der Waals surface area contributed by atoms with E-state index in [1.54, 1.807) is 11.0 Å². The van der Waals surface area contributed by atoms with E-state index in [2.05, 4.69) is 4.98 Å². The molecule has 1 aliphatic rings. The number of para-hydroxylation sites is 1. The number of benzene rings is 2. The van der Waals surface area contributed by atoms with E-state index >= 15 is 0 Å². The minimum Gasteiger partial charge on any atom is -0.368 e. The van der Waals surface area contributed by atoms with Gasteiger partial charge in [0.15, 0.2) is 9.84 Å². The van der Waals surface area contributed by atoms with Gasteiger partial charge >= 0.3 is 0 Å². The van der Waals surface area contributed by atoms with Crippen molar-refractivity contribution in [2.75, 3.05) is 37.3 Å². The standard InChI is InChI=1S/C20H20N4O5S/c1-30(28,29)19-13-15(6-7-18(19)24(26)27)22-8-10-23(11-9-22)20(25)17-12-14-4-2-3-5-16(14)21-17/h2-7,12-13,21H,8-11H2,1H3. The number of hydrogen-bond acceptors (Lipinski definition) is 6. The zero-order valence-electron chi connectivity index (χ0n) is 16.2. The molecule has 3 aromatic rings. The fourth-order valence-electron chi connectivity index (χ4n) is 3.67. The number of aromatic nitrogens is 1. The lowest BCUT2D eigenvalue weighted by Gasteiger charge is -2.36. The van der Waals surface area contributed by atoms with Gasteiger partial charge in [-0.2, -0.15) is 0 Å². The van der Waals surface area contributed by atoms with E-state index in [0.717, 1.165) is 17.2 Å². The summed E-state index contributed by atoms with van der Waals surface area (Å²) in [6.07, 6.45) is 0.954. The smallest absolute Gasteiger partial charge is 0.288 e. The Morgan fingerprint density at radius 2 is 1.77 bits per heavy atom. The van der Waals surface area contributed by atoms with E-state index in [-0.39, 0.29) is 10.8 Å². The molecule has 10 heteroatoms. The van der Waals surface area contributed by atoms with Crippen molar-refractivity contribution >= 4 is 38.0 Å². The number of aromatic amines is 1. The molecule has 0 spiro atoms. The Kier molecular flexibility index (Phi) is 4.94. The number of nitrogens with one attached hydrogen (secondary N) is 1. The Morgan fingerprint density at radius 3 is 2.40 bits per heavy atom. The molecule has 0 bridgehead atoms. The summed E-state index contributed by atoms with van der Waals surface area (Å²) >= 11 is 0. The molecule has 0 aliphatic carbocycles. The number of nitrogens with zero attached hydrogens (tertiary/aromatic N) is 3. The van der Waals surface area contributed by atoms with Gasteiger partial charge in [0, 0.05) is 55.1 Å². The van der Waals surface area contributed by atoms with Crippen LogP contribution < -0.4 is 4.90 Å². The van der Waals surface area contributed by atoms with E-state index in [4.69, 9.17) is 0 Å². The fourth-order valence-corrected chi connectivity index (χ4v) is 4.53. The summed E-state index contributed by atoms with van der Waals surface area (Å²) in [4.78, 5) is 29.8. The average Bonchev–Trinajstić information content (AvgIpc) is 3.16. The summed E-state index contributed by atoms with van der Waals surface area (Å²) < 4.78 is 24.0. The van der Waals surface area contributed by atoms with Gasteiger partial charge in [-0.15, -0.1) is 0 Å². The van der Waals surface area contributed by atoms with Crippen LogP contribution >= 0.6 is 0 Å². The van der Waals surface area contributed by atoms with Crippen LogP contribution in [0.1, 0.15) is 10.5 Å². The van der Waals surface area contributed by atoms with Crippen LogP contribution in [0.2, 0.25) is 0 Å².